The van der Waals surface area contributed by atoms with E-state index in [0.29, 0.717) is 70.9 Å². The number of hydrogen-bond acceptors (Lipinski definition) is 8. The monoisotopic (exact) mass is 604 g/mol. The van der Waals surface area contributed by atoms with Gasteiger partial charge in [0.25, 0.3) is 0 Å². The van der Waals surface area contributed by atoms with Gasteiger partial charge in [0, 0.05) is 11.1 Å². The summed E-state index contributed by atoms with van der Waals surface area (Å²) in [7, 11) is 7.56. The predicted octanol–water partition coefficient (Wildman–Crippen LogP) is 8.06. The molecule has 0 saturated heterocycles. The fourth-order valence-corrected chi connectivity index (χ4v) is 11.5. The molecule has 0 saturated carbocycles. The van der Waals surface area contributed by atoms with Crippen molar-refractivity contribution in [1.29, 1.82) is 0 Å². The van der Waals surface area contributed by atoms with Crippen molar-refractivity contribution in [3.8, 4) is 45.6 Å². The average Bonchev–Trinajstić information content (AvgIpc) is 2.97. The van der Waals surface area contributed by atoms with Crippen LogP contribution in [0, 0.1) is 0 Å². The second kappa shape index (κ2) is 16.1. The molecule has 2 rings (SSSR count). The zero-order chi connectivity index (χ0) is 31.6. The van der Waals surface area contributed by atoms with Crippen molar-refractivity contribution in [1.82, 2.24) is 0 Å². The predicted molar refractivity (Wildman–Crippen MR) is 172 cm³/mol. The zero-order valence-electron chi connectivity index (χ0n) is 27.9. The van der Waals surface area contributed by atoms with Crippen LogP contribution in [-0.4, -0.2) is 64.2 Å². The van der Waals surface area contributed by atoms with Crippen LogP contribution < -0.4 is 28.4 Å². The molecule has 2 aromatic rings. The molecule has 9 heteroatoms. The first-order valence-corrected chi connectivity index (χ1v) is 16.6. The Morgan fingerprint density at radius 1 is 0.643 bits per heavy atom. The summed E-state index contributed by atoms with van der Waals surface area (Å²) < 4.78 is 47.2. The molecule has 236 valence electrons. The first-order chi connectivity index (χ1) is 20.0. The van der Waals surface area contributed by atoms with Gasteiger partial charge in [0.2, 0.25) is 19.8 Å². The van der Waals surface area contributed by atoms with Crippen LogP contribution in [0.3, 0.4) is 0 Å². The highest BCUT2D eigenvalue weighted by Crippen LogP contribution is 2.50. The molecule has 0 spiro atoms. The van der Waals surface area contributed by atoms with E-state index in [4.69, 9.17) is 37.6 Å². The Morgan fingerprint density at radius 3 is 1.55 bits per heavy atom. The zero-order valence-corrected chi connectivity index (χ0v) is 28.9. The molecule has 0 aliphatic carbocycles. The summed E-state index contributed by atoms with van der Waals surface area (Å²) in [6, 6.07) is 5.74. The van der Waals surface area contributed by atoms with Crippen LogP contribution in [0.5, 0.6) is 34.5 Å². The smallest absolute Gasteiger partial charge is 0.204 e. The molecule has 0 unspecified atom stereocenters. The van der Waals surface area contributed by atoms with E-state index in [9.17, 15) is 0 Å². The lowest BCUT2D eigenvalue weighted by molar-refractivity contribution is 0.131. The Labute approximate surface area is 254 Å². The summed E-state index contributed by atoms with van der Waals surface area (Å²) in [5.74, 6) is 3.11. The lowest BCUT2D eigenvalue weighted by atomic mass is 9.99. The summed E-state index contributed by atoms with van der Waals surface area (Å²) in [5.41, 5.74) is 5.03. The van der Waals surface area contributed by atoms with E-state index in [2.05, 4.69) is 47.6 Å². The van der Waals surface area contributed by atoms with Gasteiger partial charge >= 0.3 is 0 Å². The van der Waals surface area contributed by atoms with Gasteiger partial charge in [-0.05, 0) is 52.9 Å². The molecule has 0 aliphatic rings. The normalized spacial score (nSPS) is 12.2. The maximum Gasteiger partial charge on any atom is 0.204 e. The maximum absolute atomic E-state index is 6.82. The van der Waals surface area contributed by atoms with E-state index < -0.39 is 8.32 Å². The Balaban J connectivity index is 2.44. The summed E-state index contributed by atoms with van der Waals surface area (Å²) in [6.45, 7) is 17.1. The van der Waals surface area contributed by atoms with E-state index in [1.165, 1.54) is 0 Å². The van der Waals surface area contributed by atoms with E-state index in [-0.39, 0.29) is 0 Å². The molecular weight excluding hydrogens is 552 g/mol. The van der Waals surface area contributed by atoms with Crippen LogP contribution in [0.15, 0.2) is 29.8 Å². The van der Waals surface area contributed by atoms with Gasteiger partial charge in [-0.15, -0.1) is 0 Å². The number of allylic oxidation sites excluding steroid dienone is 1. The van der Waals surface area contributed by atoms with Crippen LogP contribution in [0.4, 0.5) is 0 Å². The van der Waals surface area contributed by atoms with Crippen molar-refractivity contribution in [2.75, 3.05) is 55.9 Å². The Hall–Kier alpha value is -2.88. The number of hydrogen-bond donors (Lipinski definition) is 0. The summed E-state index contributed by atoms with van der Waals surface area (Å²) >= 11 is 0. The summed E-state index contributed by atoms with van der Waals surface area (Å²) in [5, 5.41) is 0. The van der Waals surface area contributed by atoms with E-state index in [1.807, 2.05) is 25.1 Å². The second-order valence-electron chi connectivity index (χ2n) is 11.1. The second-order valence-corrected chi connectivity index (χ2v) is 16.6. The molecular formula is C33H52O8Si. The fourth-order valence-electron chi connectivity index (χ4n) is 6.06. The first-order valence-electron chi connectivity index (χ1n) is 14.5. The van der Waals surface area contributed by atoms with Gasteiger partial charge in [0.1, 0.15) is 0 Å². The van der Waals surface area contributed by atoms with Gasteiger partial charge in [-0.25, -0.2) is 0 Å². The molecule has 0 fully saturated rings. The third kappa shape index (κ3) is 7.36. The summed E-state index contributed by atoms with van der Waals surface area (Å²) in [6.07, 6.45) is 2.09. The van der Waals surface area contributed by atoms with Gasteiger partial charge in [0.15, 0.2) is 23.0 Å². The topological polar surface area (TPSA) is 73.8 Å². The number of ether oxygens (including phenoxy) is 7. The molecule has 8 nitrogen and oxygen atoms in total. The molecule has 2 aromatic carbocycles. The van der Waals surface area contributed by atoms with Gasteiger partial charge < -0.3 is 37.6 Å². The highest BCUT2D eigenvalue weighted by molar-refractivity contribution is 6.77. The Morgan fingerprint density at radius 2 is 1.14 bits per heavy atom. The third-order valence-corrected chi connectivity index (χ3v) is 14.1. The van der Waals surface area contributed by atoms with Crippen LogP contribution in [-0.2, 0) is 15.8 Å². The molecule has 0 aromatic heterocycles. The van der Waals surface area contributed by atoms with Crippen molar-refractivity contribution in [3.05, 3.63) is 35.4 Å². The highest BCUT2D eigenvalue weighted by atomic mass is 28.4. The van der Waals surface area contributed by atoms with Crippen LogP contribution >= 0.6 is 0 Å². The average molecular weight is 605 g/mol. The quantitative estimate of drug-likeness (QED) is 0.133. The van der Waals surface area contributed by atoms with Gasteiger partial charge in [-0.2, -0.15) is 0 Å². The molecule has 0 aliphatic heterocycles. The van der Waals surface area contributed by atoms with Crippen molar-refractivity contribution < 1.29 is 37.6 Å². The molecule has 0 radical (unpaired) electrons. The highest BCUT2D eigenvalue weighted by Gasteiger charge is 2.45. The largest absolute Gasteiger partial charge is 0.493 e. The minimum Gasteiger partial charge on any atom is -0.493 e. The SMILES string of the molecule is C/C=C(/COCc1cc(-c2cc(OC)c(OC)c(OC)c2)c(OC)c(OC)c1OC)CO[Si](C(C)C)(C(C)C)C(C)C. The van der Waals surface area contributed by atoms with E-state index in [1.54, 1.807) is 42.7 Å². The van der Waals surface area contributed by atoms with Gasteiger partial charge in [-0.3, -0.25) is 0 Å². The minimum atomic E-state index is -1.99. The van der Waals surface area contributed by atoms with Gasteiger partial charge in [0.05, 0.1) is 62.5 Å². The van der Waals surface area contributed by atoms with Crippen molar-refractivity contribution >= 4 is 8.32 Å². The number of benzene rings is 2. The van der Waals surface area contributed by atoms with Crippen LogP contribution in [0.2, 0.25) is 16.6 Å². The van der Waals surface area contributed by atoms with Crippen molar-refractivity contribution in [2.45, 2.75) is 71.7 Å². The van der Waals surface area contributed by atoms with E-state index >= 15 is 0 Å². The first kappa shape index (κ1) is 35.3. The molecule has 0 amide bonds. The third-order valence-electron chi connectivity index (χ3n) is 8.02. The number of methoxy groups -OCH3 is 6. The Bertz CT molecular complexity index is 1140. The fraction of sp³-hybridized carbons (Fsp3) is 0.576. The lowest BCUT2D eigenvalue weighted by Gasteiger charge is -2.42. The molecule has 42 heavy (non-hydrogen) atoms. The van der Waals surface area contributed by atoms with Crippen LogP contribution in [0.1, 0.15) is 54.0 Å². The van der Waals surface area contributed by atoms with Crippen molar-refractivity contribution in [3.63, 3.8) is 0 Å². The standard InChI is InChI=1S/C33H52O8Si/c1-14-24(19-41-42(21(2)3,22(4)5)23(6)7)18-40-20-26-15-27(31(37-11)33(39-13)30(26)36-10)25-16-28(34-8)32(38-12)29(17-25)35-9/h14-17,21-23H,18-20H2,1-13H3/b24-14-. The molecule has 0 atom stereocenters. The summed E-state index contributed by atoms with van der Waals surface area (Å²) in [4.78, 5) is 0. The molecule has 0 N–H and O–H groups in total. The van der Waals surface area contributed by atoms with Gasteiger partial charge in [-0.1, -0.05) is 47.6 Å². The molecule has 0 bridgehead atoms. The van der Waals surface area contributed by atoms with E-state index in [0.717, 1.165) is 22.3 Å². The lowest BCUT2D eigenvalue weighted by Crippen LogP contribution is -2.48. The number of rotatable bonds is 17. The van der Waals surface area contributed by atoms with Crippen LogP contribution in [0.25, 0.3) is 11.1 Å². The Kier molecular flexibility index (Phi) is 13.5. The minimum absolute atomic E-state index is 0.291. The maximum atomic E-state index is 6.82. The van der Waals surface area contributed by atoms with Crippen molar-refractivity contribution in [2.24, 2.45) is 0 Å². The molecule has 0 heterocycles.